The largest absolute Gasteiger partial charge is 0.450 e. The number of hydrogen-bond donors (Lipinski definition) is 0. The average molecular weight is 358 g/mol. The van der Waals surface area contributed by atoms with Gasteiger partial charge in [0.25, 0.3) is 0 Å². The zero-order valence-electron chi connectivity index (χ0n) is 15.7. The minimum Gasteiger partial charge on any atom is -0.450 e. The molecule has 2 saturated heterocycles. The van der Waals surface area contributed by atoms with Crippen LogP contribution in [0.1, 0.15) is 38.2 Å². The first-order valence-corrected chi connectivity index (χ1v) is 9.91. The Balaban J connectivity index is 1.42. The van der Waals surface area contributed by atoms with Gasteiger partial charge in [0.05, 0.1) is 6.61 Å². The predicted molar refractivity (Wildman–Crippen MR) is 101 cm³/mol. The van der Waals surface area contributed by atoms with Crippen molar-refractivity contribution in [2.24, 2.45) is 11.8 Å². The van der Waals surface area contributed by atoms with Crippen molar-refractivity contribution < 1.29 is 14.3 Å². The monoisotopic (exact) mass is 358 g/mol. The quantitative estimate of drug-likeness (QED) is 0.829. The summed E-state index contributed by atoms with van der Waals surface area (Å²) in [5.74, 6) is 1.02. The first kappa shape index (κ1) is 18.7. The van der Waals surface area contributed by atoms with Crippen LogP contribution in [0.4, 0.5) is 4.79 Å². The zero-order valence-corrected chi connectivity index (χ0v) is 15.7. The lowest BCUT2D eigenvalue weighted by Gasteiger charge is -2.37. The van der Waals surface area contributed by atoms with Gasteiger partial charge in [-0.25, -0.2) is 4.79 Å². The topological polar surface area (TPSA) is 49.9 Å². The van der Waals surface area contributed by atoms with E-state index in [2.05, 4.69) is 30.3 Å². The molecule has 2 fully saturated rings. The fraction of sp³-hybridized carbons (Fsp3) is 0.619. The summed E-state index contributed by atoms with van der Waals surface area (Å²) in [6.07, 6.45) is 4.54. The van der Waals surface area contributed by atoms with Crippen molar-refractivity contribution in [2.75, 3.05) is 32.8 Å². The molecule has 0 N–H and O–H groups in total. The molecule has 2 amide bonds. The molecule has 0 saturated carbocycles. The zero-order chi connectivity index (χ0) is 18.4. The highest BCUT2D eigenvalue weighted by Gasteiger charge is 2.32. The van der Waals surface area contributed by atoms with E-state index in [1.807, 2.05) is 11.8 Å². The molecule has 3 rings (SSSR count). The molecule has 0 bridgehead atoms. The van der Waals surface area contributed by atoms with Crippen molar-refractivity contribution in [3.05, 3.63) is 35.9 Å². The van der Waals surface area contributed by atoms with Crippen molar-refractivity contribution in [2.45, 2.75) is 39.0 Å². The Morgan fingerprint density at radius 1 is 0.962 bits per heavy atom. The van der Waals surface area contributed by atoms with E-state index in [-0.39, 0.29) is 17.9 Å². The first-order chi connectivity index (χ1) is 12.7. The number of likely N-dealkylation sites (tertiary alicyclic amines) is 2. The highest BCUT2D eigenvalue weighted by atomic mass is 16.6. The fourth-order valence-corrected chi connectivity index (χ4v) is 4.09. The summed E-state index contributed by atoms with van der Waals surface area (Å²) in [5, 5.41) is 0. The second-order valence-corrected chi connectivity index (χ2v) is 7.42. The van der Waals surface area contributed by atoms with Gasteiger partial charge in [-0.2, -0.15) is 0 Å². The molecule has 0 spiro atoms. The number of hydrogen-bond acceptors (Lipinski definition) is 3. The van der Waals surface area contributed by atoms with Gasteiger partial charge in [-0.1, -0.05) is 30.3 Å². The van der Waals surface area contributed by atoms with Crippen molar-refractivity contribution in [1.29, 1.82) is 0 Å². The first-order valence-electron chi connectivity index (χ1n) is 9.91. The number of carbonyl (C=O) groups excluding carboxylic acids is 2. The van der Waals surface area contributed by atoms with Crippen LogP contribution >= 0.6 is 0 Å². The summed E-state index contributed by atoms with van der Waals surface area (Å²) >= 11 is 0. The van der Waals surface area contributed by atoms with E-state index in [9.17, 15) is 9.59 Å². The third-order valence-electron chi connectivity index (χ3n) is 5.66. The molecule has 2 aliphatic rings. The minimum absolute atomic E-state index is 0.0614. The molecule has 0 aromatic heterocycles. The lowest BCUT2D eigenvalue weighted by atomic mass is 9.88. The summed E-state index contributed by atoms with van der Waals surface area (Å²) in [5.41, 5.74) is 1.39. The van der Waals surface area contributed by atoms with Gasteiger partial charge in [-0.3, -0.25) is 4.79 Å². The molecule has 2 heterocycles. The number of benzene rings is 1. The van der Waals surface area contributed by atoms with Crippen LogP contribution in [0.15, 0.2) is 30.3 Å². The second kappa shape index (κ2) is 9.06. The van der Waals surface area contributed by atoms with Crippen LogP contribution in [0.3, 0.4) is 0 Å². The molecule has 1 aromatic rings. The number of piperidine rings is 2. The number of rotatable bonds is 4. The van der Waals surface area contributed by atoms with Gasteiger partial charge < -0.3 is 14.5 Å². The van der Waals surface area contributed by atoms with Gasteiger partial charge in [0.1, 0.15) is 0 Å². The fourth-order valence-electron chi connectivity index (χ4n) is 4.09. The van der Waals surface area contributed by atoms with E-state index in [1.54, 1.807) is 4.90 Å². The molecular weight excluding hydrogens is 328 g/mol. The summed E-state index contributed by atoms with van der Waals surface area (Å²) in [6.45, 7) is 5.20. The van der Waals surface area contributed by atoms with Gasteiger partial charge in [0, 0.05) is 32.1 Å². The van der Waals surface area contributed by atoms with Crippen molar-refractivity contribution >= 4 is 12.0 Å². The second-order valence-electron chi connectivity index (χ2n) is 7.42. The third kappa shape index (κ3) is 4.77. The maximum atomic E-state index is 12.8. The Morgan fingerprint density at radius 3 is 2.19 bits per heavy atom. The number of amides is 2. The minimum atomic E-state index is -0.250. The molecule has 5 nitrogen and oxygen atoms in total. The Kier molecular flexibility index (Phi) is 6.53. The van der Waals surface area contributed by atoms with E-state index in [0.29, 0.717) is 25.6 Å². The van der Waals surface area contributed by atoms with Crippen molar-refractivity contribution in [1.82, 2.24) is 9.80 Å². The summed E-state index contributed by atoms with van der Waals surface area (Å²) in [4.78, 5) is 28.4. The maximum absolute atomic E-state index is 12.8. The van der Waals surface area contributed by atoms with Crippen molar-refractivity contribution in [3.8, 4) is 0 Å². The van der Waals surface area contributed by atoms with Crippen LogP contribution in [-0.2, 0) is 16.0 Å². The molecule has 2 aliphatic heterocycles. The maximum Gasteiger partial charge on any atom is 0.409 e. The lowest BCUT2D eigenvalue weighted by Crippen LogP contribution is -2.46. The van der Waals surface area contributed by atoms with Gasteiger partial charge >= 0.3 is 6.09 Å². The average Bonchev–Trinajstić information content (AvgIpc) is 2.69. The molecule has 0 radical (unpaired) electrons. The van der Waals surface area contributed by atoms with E-state index >= 15 is 0 Å². The molecule has 1 aromatic carbocycles. The molecule has 26 heavy (non-hydrogen) atoms. The van der Waals surface area contributed by atoms with Crippen molar-refractivity contribution in [3.63, 3.8) is 0 Å². The number of ether oxygens (including phenoxy) is 1. The predicted octanol–water partition coefficient (Wildman–Crippen LogP) is 3.34. The Bertz CT molecular complexity index is 589. The molecule has 142 valence electrons. The summed E-state index contributed by atoms with van der Waals surface area (Å²) < 4.78 is 5.05. The van der Waals surface area contributed by atoms with Gasteiger partial charge in [0.2, 0.25) is 5.91 Å². The van der Waals surface area contributed by atoms with Crippen LogP contribution in [-0.4, -0.2) is 54.6 Å². The van der Waals surface area contributed by atoms with Crippen LogP contribution < -0.4 is 0 Å². The SMILES string of the molecule is CCOC(=O)N1CCC(C(=O)N2CCC(Cc3ccccc3)CC2)CC1. The number of carbonyl (C=O) groups is 2. The van der Waals surface area contributed by atoms with Gasteiger partial charge in [0.15, 0.2) is 0 Å². The van der Waals surface area contributed by atoms with E-state index in [1.165, 1.54) is 5.56 Å². The Labute approximate surface area is 156 Å². The highest BCUT2D eigenvalue weighted by Crippen LogP contribution is 2.26. The molecule has 0 aliphatic carbocycles. The molecule has 5 heteroatoms. The van der Waals surface area contributed by atoms with Crippen LogP contribution in [0, 0.1) is 11.8 Å². The summed E-state index contributed by atoms with van der Waals surface area (Å²) in [7, 11) is 0. The standard InChI is InChI=1S/C21H30N2O3/c1-2-26-21(25)23-14-10-19(11-15-23)20(24)22-12-8-18(9-13-22)16-17-6-4-3-5-7-17/h3-7,18-19H,2,8-16H2,1H3. The van der Waals surface area contributed by atoms with Crippen LogP contribution in [0.5, 0.6) is 0 Å². The van der Waals surface area contributed by atoms with E-state index < -0.39 is 0 Å². The smallest absolute Gasteiger partial charge is 0.409 e. The van der Waals surface area contributed by atoms with Crippen LogP contribution in [0.2, 0.25) is 0 Å². The van der Waals surface area contributed by atoms with Gasteiger partial charge in [-0.05, 0) is 50.5 Å². The molecule has 0 unspecified atom stereocenters. The number of nitrogens with zero attached hydrogens (tertiary/aromatic N) is 2. The molecule has 0 atom stereocenters. The lowest BCUT2D eigenvalue weighted by molar-refractivity contribution is -0.138. The van der Waals surface area contributed by atoms with Gasteiger partial charge in [-0.15, -0.1) is 0 Å². The Morgan fingerprint density at radius 2 is 1.58 bits per heavy atom. The van der Waals surface area contributed by atoms with Crippen LogP contribution in [0.25, 0.3) is 0 Å². The Hall–Kier alpha value is -2.04. The third-order valence-corrected chi connectivity index (χ3v) is 5.66. The van der Waals surface area contributed by atoms with E-state index in [0.717, 1.165) is 45.2 Å². The highest BCUT2D eigenvalue weighted by molar-refractivity contribution is 5.79. The normalized spacial score (nSPS) is 19.4. The molecular formula is C21H30N2O3. The van der Waals surface area contributed by atoms with E-state index in [4.69, 9.17) is 4.74 Å². The summed E-state index contributed by atoms with van der Waals surface area (Å²) in [6, 6.07) is 10.6.